The molecule has 1 aromatic carbocycles. The van der Waals surface area contributed by atoms with Gasteiger partial charge in [0.05, 0.1) is 11.8 Å². The number of aliphatic hydroxyl groups excluding tert-OH is 1. The number of aromatic nitrogens is 1. The van der Waals surface area contributed by atoms with E-state index in [0.717, 1.165) is 5.56 Å². The predicted molar refractivity (Wildman–Crippen MR) is 65.6 cm³/mol. The Labute approximate surface area is 100 Å². The Bertz CT molecular complexity index is 471. The van der Waals surface area contributed by atoms with Crippen LogP contribution in [-0.4, -0.2) is 15.2 Å². The molecule has 2 N–H and O–H groups in total. The molecule has 0 bridgehead atoms. The highest BCUT2D eigenvalue weighted by atomic mass is 16.3. The third-order valence-electron chi connectivity index (χ3n) is 2.71. The number of rotatable bonds is 4. The van der Waals surface area contributed by atoms with Gasteiger partial charge in [0.15, 0.2) is 0 Å². The van der Waals surface area contributed by atoms with Crippen LogP contribution in [0, 0.1) is 0 Å². The van der Waals surface area contributed by atoms with Crippen LogP contribution in [0.5, 0.6) is 5.75 Å². The zero-order valence-electron chi connectivity index (χ0n) is 9.45. The molecule has 88 valence electrons. The Hall–Kier alpha value is -1.87. The lowest BCUT2D eigenvalue weighted by molar-refractivity contribution is 0.163. The summed E-state index contributed by atoms with van der Waals surface area (Å²) in [7, 11) is 0. The van der Waals surface area contributed by atoms with Gasteiger partial charge in [-0.15, -0.1) is 0 Å². The summed E-state index contributed by atoms with van der Waals surface area (Å²) in [6.07, 6.45) is 2.26. The van der Waals surface area contributed by atoms with Crippen LogP contribution in [0.3, 0.4) is 0 Å². The van der Waals surface area contributed by atoms with Crippen LogP contribution >= 0.6 is 0 Å². The van der Waals surface area contributed by atoms with Crippen LogP contribution in [0.2, 0.25) is 0 Å². The lowest BCUT2D eigenvalue weighted by Gasteiger charge is -2.10. The second-order valence-corrected chi connectivity index (χ2v) is 3.94. The fraction of sp³-hybridized carbons (Fsp3) is 0.214. The lowest BCUT2D eigenvalue weighted by Crippen LogP contribution is -2.01. The van der Waals surface area contributed by atoms with Gasteiger partial charge in [0, 0.05) is 6.20 Å². The highest BCUT2D eigenvalue weighted by molar-refractivity contribution is 5.31. The number of phenolic OH excluding ortho intramolecular Hbond substituents is 1. The van der Waals surface area contributed by atoms with Gasteiger partial charge in [-0.1, -0.05) is 24.3 Å². The van der Waals surface area contributed by atoms with E-state index in [-0.39, 0.29) is 5.75 Å². The Morgan fingerprint density at radius 1 is 1.06 bits per heavy atom. The molecule has 2 rings (SSSR count). The van der Waals surface area contributed by atoms with Crippen LogP contribution < -0.4 is 0 Å². The van der Waals surface area contributed by atoms with Crippen LogP contribution in [0.1, 0.15) is 23.8 Å². The molecule has 0 aliphatic heterocycles. The molecule has 17 heavy (non-hydrogen) atoms. The molecule has 0 saturated carbocycles. The van der Waals surface area contributed by atoms with Gasteiger partial charge in [0.25, 0.3) is 0 Å². The van der Waals surface area contributed by atoms with Gasteiger partial charge in [0.1, 0.15) is 5.75 Å². The van der Waals surface area contributed by atoms with E-state index in [1.54, 1.807) is 24.4 Å². The van der Waals surface area contributed by atoms with Crippen molar-refractivity contribution in [2.75, 3.05) is 0 Å². The van der Waals surface area contributed by atoms with E-state index in [2.05, 4.69) is 4.98 Å². The van der Waals surface area contributed by atoms with Gasteiger partial charge in [-0.25, -0.2) is 0 Å². The Balaban J connectivity index is 1.97. The smallest absolute Gasteiger partial charge is 0.118 e. The average molecular weight is 229 g/mol. The first-order valence-corrected chi connectivity index (χ1v) is 5.63. The van der Waals surface area contributed by atoms with E-state index in [9.17, 15) is 10.2 Å². The largest absolute Gasteiger partial charge is 0.508 e. The molecule has 1 heterocycles. The summed E-state index contributed by atoms with van der Waals surface area (Å²) in [6.45, 7) is 0. The van der Waals surface area contributed by atoms with Crippen LogP contribution in [0.4, 0.5) is 0 Å². The molecular formula is C14H15NO2. The number of hydrogen-bond acceptors (Lipinski definition) is 3. The zero-order chi connectivity index (χ0) is 12.1. The first-order chi connectivity index (χ1) is 8.27. The summed E-state index contributed by atoms with van der Waals surface area (Å²) >= 11 is 0. The van der Waals surface area contributed by atoms with E-state index in [1.807, 2.05) is 24.3 Å². The maximum Gasteiger partial charge on any atom is 0.118 e. The topological polar surface area (TPSA) is 53.4 Å². The third kappa shape index (κ3) is 3.04. The number of phenols is 1. The molecule has 0 aliphatic carbocycles. The van der Waals surface area contributed by atoms with Crippen LogP contribution in [0.25, 0.3) is 0 Å². The van der Waals surface area contributed by atoms with E-state index in [0.29, 0.717) is 18.5 Å². The summed E-state index contributed by atoms with van der Waals surface area (Å²) in [4.78, 5) is 4.10. The molecule has 1 aromatic heterocycles. The van der Waals surface area contributed by atoms with E-state index < -0.39 is 6.10 Å². The maximum atomic E-state index is 9.93. The molecule has 0 fully saturated rings. The molecule has 0 amide bonds. The van der Waals surface area contributed by atoms with Crippen molar-refractivity contribution in [3.63, 3.8) is 0 Å². The minimum absolute atomic E-state index is 0.278. The van der Waals surface area contributed by atoms with Gasteiger partial charge in [0.2, 0.25) is 0 Å². The molecule has 0 spiro atoms. The summed E-state index contributed by atoms with van der Waals surface area (Å²) in [5.74, 6) is 0.278. The predicted octanol–water partition coefficient (Wildman–Crippen LogP) is 2.45. The molecular weight excluding hydrogens is 214 g/mol. The van der Waals surface area contributed by atoms with Crippen molar-refractivity contribution in [1.82, 2.24) is 4.98 Å². The van der Waals surface area contributed by atoms with Crippen LogP contribution in [-0.2, 0) is 6.42 Å². The number of hydrogen-bond donors (Lipinski definition) is 2. The van der Waals surface area contributed by atoms with E-state index in [4.69, 9.17) is 0 Å². The Morgan fingerprint density at radius 3 is 2.53 bits per heavy atom. The second kappa shape index (κ2) is 5.46. The van der Waals surface area contributed by atoms with Crippen molar-refractivity contribution in [1.29, 1.82) is 0 Å². The van der Waals surface area contributed by atoms with Crippen LogP contribution in [0.15, 0.2) is 48.7 Å². The van der Waals surface area contributed by atoms with Crippen molar-refractivity contribution < 1.29 is 10.2 Å². The summed E-state index contributed by atoms with van der Waals surface area (Å²) < 4.78 is 0. The van der Waals surface area contributed by atoms with Crippen molar-refractivity contribution >= 4 is 0 Å². The normalized spacial score (nSPS) is 12.3. The SMILES string of the molecule is Oc1ccccc1CC[C@@H](O)c1ccccn1. The second-order valence-electron chi connectivity index (χ2n) is 3.94. The minimum Gasteiger partial charge on any atom is -0.508 e. The van der Waals surface area contributed by atoms with Gasteiger partial charge in [-0.05, 0) is 36.6 Å². The molecule has 1 atom stereocenters. The number of aromatic hydroxyl groups is 1. The maximum absolute atomic E-state index is 9.93. The number of pyridine rings is 1. The number of aliphatic hydroxyl groups is 1. The summed E-state index contributed by atoms with van der Waals surface area (Å²) in [5, 5.41) is 19.5. The van der Waals surface area contributed by atoms with E-state index >= 15 is 0 Å². The molecule has 0 saturated heterocycles. The fourth-order valence-corrected chi connectivity index (χ4v) is 1.74. The Morgan fingerprint density at radius 2 is 1.82 bits per heavy atom. The third-order valence-corrected chi connectivity index (χ3v) is 2.71. The van der Waals surface area contributed by atoms with Crippen molar-refractivity contribution in [2.45, 2.75) is 18.9 Å². The van der Waals surface area contributed by atoms with Gasteiger partial charge < -0.3 is 10.2 Å². The average Bonchev–Trinajstić information content (AvgIpc) is 2.38. The number of aryl methyl sites for hydroxylation is 1. The Kier molecular flexibility index (Phi) is 3.73. The lowest BCUT2D eigenvalue weighted by atomic mass is 10.0. The summed E-state index contributed by atoms with van der Waals surface area (Å²) in [5.41, 5.74) is 1.52. The zero-order valence-corrected chi connectivity index (χ0v) is 9.45. The van der Waals surface area contributed by atoms with Crippen molar-refractivity contribution in [3.8, 4) is 5.75 Å². The summed E-state index contributed by atoms with van der Waals surface area (Å²) in [6, 6.07) is 12.7. The van der Waals surface area contributed by atoms with Gasteiger partial charge in [-0.2, -0.15) is 0 Å². The van der Waals surface area contributed by atoms with Crippen molar-refractivity contribution in [2.24, 2.45) is 0 Å². The highest BCUT2D eigenvalue weighted by Gasteiger charge is 2.09. The monoisotopic (exact) mass is 229 g/mol. The quantitative estimate of drug-likeness (QED) is 0.846. The molecule has 0 unspecified atom stereocenters. The first kappa shape index (κ1) is 11.6. The molecule has 0 radical (unpaired) electrons. The molecule has 3 heteroatoms. The minimum atomic E-state index is -0.587. The van der Waals surface area contributed by atoms with Gasteiger partial charge >= 0.3 is 0 Å². The molecule has 0 aliphatic rings. The number of para-hydroxylation sites is 1. The fourth-order valence-electron chi connectivity index (χ4n) is 1.74. The standard InChI is InChI=1S/C14H15NO2/c16-13-7-2-1-5-11(13)8-9-14(17)12-6-3-4-10-15-12/h1-7,10,14,16-17H,8-9H2/t14-/m1/s1. The number of benzene rings is 1. The van der Waals surface area contributed by atoms with E-state index in [1.165, 1.54) is 0 Å². The molecule has 2 aromatic rings. The molecule has 3 nitrogen and oxygen atoms in total. The first-order valence-electron chi connectivity index (χ1n) is 5.63. The van der Waals surface area contributed by atoms with Gasteiger partial charge in [-0.3, -0.25) is 4.98 Å². The van der Waals surface area contributed by atoms with Crippen molar-refractivity contribution in [3.05, 3.63) is 59.9 Å². The highest BCUT2D eigenvalue weighted by Crippen LogP contribution is 2.21. The number of nitrogens with zero attached hydrogens (tertiary/aromatic N) is 1.